The molecule has 1 saturated heterocycles. The van der Waals surface area contributed by atoms with Crippen LogP contribution in [0.5, 0.6) is 11.5 Å². The van der Waals surface area contributed by atoms with Gasteiger partial charge in [-0.1, -0.05) is 17.4 Å². The third kappa shape index (κ3) is 3.54. The number of hydrogen-bond donors (Lipinski definition) is 1. The molecule has 0 aromatic heterocycles. The van der Waals surface area contributed by atoms with Gasteiger partial charge in [0, 0.05) is 6.07 Å². The molecule has 160 valence electrons. The molecule has 2 heterocycles. The van der Waals surface area contributed by atoms with Crippen LogP contribution in [0.2, 0.25) is 0 Å². The summed E-state index contributed by atoms with van der Waals surface area (Å²) in [6.45, 7) is -0.377. The number of hydrogen-bond acceptors (Lipinski definition) is 8. The summed E-state index contributed by atoms with van der Waals surface area (Å²) in [4.78, 5) is 39.2. The van der Waals surface area contributed by atoms with Crippen LogP contribution in [0.15, 0.2) is 52.8 Å². The summed E-state index contributed by atoms with van der Waals surface area (Å²) in [7, 11) is 2.91. The van der Waals surface area contributed by atoms with Crippen LogP contribution in [-0.2, 0) is 14.4 Å². The van der Waals surface area contributed by atoms with Gasteiger partial charge in [0.1, 0.15) is 12.4 Å². The number of benzene rings is 2. The van der Waals surface area contributed by atoms with E-state index >= 15 is 0 Å². The Kier molecular flexibility index (Phi) is 5.24. The summed E-state index contributed by atoms with van der Waals surface area (Å²) in [6.07, 6.45) is 0. The molecule has 0 spiro atoms. The highest BCUT2D eigenvalue weighted by Gasteiger charge is 2.55. The monoisotopic (exact) mass is 427 g/mol. The minimum absolute atomic E-state index is 0.000893. The van der Waals surface area contributed by atoms with E-state index in [1.54, 1.807) is 18.2 Å². The average Bonchev–Trinajstić information content (AvgIpc) is 3.28. The first-order chi connectivity index (χ1) is 14.9. The molecule has 2 aliphatic rings. The first kappa shape index (κ1) is 20.3. The van der Waals surface area contributed by atoms with Gasteiger partial charge in [-0.15, -0.1) is 0 Å². The van der Waals surface area contributed by atoms with Gasteiger partial charge < -0.3 is 14.8 Å². The molecular weight excluding hydrogens is 409 g/mol. The number of amides is 3. The third-order valence-corrected chi connectivity index (χ3v) is 4.94. The maximum absolute atomic E-state index is 13.8. The topological polar surface area (TPSA) is 113 Å². The molecule has 3 amide bonds. The van der Waals surface area contributed by atoms with Gasteiger partial charge in [-0.25, -0.2) is 9.29 Å². The number of fused-ring (bicyclic) bond motifs is 1. The number of nitrogens with one attached hydrogen (secondary N) is 1. The molecule has 0 saturated carbocycles. The minimum atomic E-state index is -1.07. The van der Waals surface area contributed by atoms with Crippen molar-refractivity contribution < 1.29 is 28.2 Å². The standard InChI is InChI=1S/C20H18FN5O5/c1-30-14-8-7-11(9-15(14)31-2)26-19(28)17-18(20(26)29)25(24-23-17)10-16(27)22-13-6-4-3-5-12(13)21/h3-9,17-18H,10H2,1-2H3,(H,22,27)/t17-,18+/m0/s1. The SMILES string of the molecule is COc1ccc(N2C(=O)[C@H]3N=NN(CC(=O)Nc4ccccc4F)[C@H]3C2=O)cc1OC. The van der Waals surface area contributed by atoms with Gasteiger partial charge in [-0.2, -0.15) is 5.11 Å². The predicted molar refractivity (Wildman–Crippen MR) is 106 cm³/mol. The van der Waals surface area contributed by atoms with E-state index in [9.17, 15) is 18.8 Å². The zero-order chi connectivity index (χ0) is 22.1. The van der Waals surface area contributed by atoms with Gasteiger partial charge in [0.2, 0.25) is 5.91 Å². The van der Waals surface area contributed by atoms with Crippen LogP contribution in [0.4, 0.5) is 15.8 Å². The van der Waals surface area contributed by atoms with Crippen molar-refractivity contribution >= 4 is 29.1 Å². The molecule has 2 aromatic carbocycles. The molecule has 0 aliphatic carbocycles. The van der Waals surface area contributed by atoms with Gasteiger partial charge in [0.15, 0.2) is 23.6 Å². The second-order valence-electron chi connectivity index (χ2n) is 6.77. The van der Waals surface area contributed by atoms with Gasteiger partial charge in [-0.3, -0.25) is 19.4 Å². The molecule has 0 unspecified atom stereocenters. The van der Waals surface area contributed by atoms with E-state index in [0.29, 0.717) is 11.5 Å². The Morgan fingerprint density at radius 2 is 1.84 bits per heavy atom. The molecule has 1 fully saturated rings. The maximum Gasteiger partial charge on any atom is 0.263 e. The molecule has 11 heteroatoms. The minimum Gasteiger partial charge on any atom is -0.493 e. The first-order valence-corrected chi connectivity index (χ1v) is 9.26. The zero-order valence-corrected chi connectivity index (χ0v) is 16.6. The molecular formula is C20H18FN5O5. The number of halogens is 1. The van der Waals surface area contributed by atoms with Crippen LogP contribution in [-0.4, -0.2) is 55.6 Å². The lowest BCUT2D eigenvalue weighted by Gasteiger charge is -2.20. The number of rotatable bonds is 6. The molecule has 2 atom stereocenters. The quantitative estimate of drug-likeness (QED) is 0.703. The van der Waals surface area contributed by atoms with Crippen LogP contribution in [0, 0.1) is 5.82 Å². The lowest BCUT2D eigenvalue weighted by Crippen LogP contribution is -2.43. The van der Waals surface area contributed by atoms with Gasteiger partial charge in [0.05, 0.1) is 25.6 Å². The lowest BCUT2D eigenvalue weighted by atomic mass is 10.1. The van der Waals surface area contributed by atoms with Crippen molar-refractivity contribution in [2.75, 3.05) is 31.0 Å². The van der Waals surface area contributed by atoms with E-state index in [0.717, 1.165) is 9.91 Å². The summed E-state index contributed by atoms with van der Waals surface area (Å²) in [6, 6.07) is 8.18. The zero-order valence-electron chi connectivity index (χ0n) is 16.6. The molecule has 0 bridgehead atoms. The molecule has 4 rings (SSSR count). The molecule has 2 aliphatic heterocycles. The highest BCUT2D eigenvalue weighted by molar-refractivity contribution is 6.25. The van der Waals surface area contributed by atoms with E-state index in [-0.39, 0.29) is 17.9 Å². The fourth-order valence-corrected chi connectivity index (χ4v) is 3.47. The normalized spacial score (nSPS) is 19.6. The highest BCUT2D eigenvalue weighted by Crippen LogP contribution is 2.36. The Labute approximate surface area is 176 Å². The van der Waals surface area contributed by atoms with E-state index in [2.05, 4.69) is 15.7 Å². The maximum atomic E-state index is 13.8. The number of carbonyl (C=O) groups excluding carboxylic acids is 3. The molecule has 31 heavy (non-hydrogen) atoms. The molecule has 0 radical (unpaired) electrons. The van der Waals surface area contributed by atoms with Crippen LogP contribution in [0.1, 0.15) is 0 Å². The molecule has 10 nitrogen and oxygen atoms in total. The number of carbonyl (C=O) groups is 3. The summed E-state index contributed by atoms with van der Waals surface area (Å²) < 4.78 is 24.2. The largest absolute Gasteiger partial charge is 0.493 e. The van der Waals surface area contributed by atoms with Crippen molar-refractivity contribution in [3.63, 3.8) is 0 Å². The van der Waals surface area contributed by atoms with Crippen LogP contribution < -0.4 is 19.7 Å². The van der Waals surface area contributed by atoms with Gasteiger partial charge in [-0.05, 0) is 24.3 Å². The average molecular weight is 427 g/mol. The number of nitrogens with zero attached hydrogens (tertiary/aromatic N) is 4. The fourth-order valence-electron chi connectivity index (χ4n) is 3.47. The van der Waals surface area contributed by atoms with Crippen molar-refractivity contribution in [2.45, 2.75) is 12.1 Å². The number of imide groups is 1. The lowest BCUT2D eigenvalue weighted by molar-refractivity contribution is -0.123. The summed E-state index contributed by atoms with van der Waals surface area (Å²) in [5.41, 5.74) is 0.286. The number of para-hydroxylation sites is 1. The smallest absolute Gasteiger partial charge is 0.263 e. The number of anilines is 2. The Morgan fingerprint density at radius 1 is 1.10 bits per heavy atom. The summed E-state index contributed by atoms with van der Waals surface area (Å²) in [5, 5.41) is 11.2. The fraction of sp³-hybridized carbons (Fsp3) is 0.250. The van der Waals surface area contributed by atoms with Gasteiger partial charge >= 0.3 is 0 Å². The number of ether oxygens (including phenoxy) is 2. The second kappa shape index (κ2) is 8.01. The van der Waals surface area contributed by atoms with E-state index in [1.165, 1.54) is 38.5 Å². The van der Waals surface area contributed by atoms with Crippen LogP contribution >= 0.6 is 0 Å². The van der Waals surface area contributed by atoms with Gasteiger partial charge in [0.25, 0.3) is 11.8 Å². The van der Waals surface area contributed by atoms with Crippen molar-refractivity contribution in [1.29, 1.82) is 0 Å². The van der Waals surface area contributed by atoms with Crippen molar-refractivity contribution in [3.8, 4) is 11.5 Å². The van der Waals surface area contributed by atoms with E-state index in [1.807, 2.05) is 0 Å². The molecule has 1 N–H and O–H groups in total. The van der Waals surface area contributed by atoms with E-state index < -0.39 is 35.6 Å². The highest BCUT2D eigenvalue weighted by atomic mass is 19.1. The second-order valence-corrected chi connectivity index (χ2v) is 6.77. The third-order valence-electron chi connectivity index (χ3n) is 4.94. The van der Waals surface area contributed by atoms with Crippen LogP contribution in [0.25, 0.3) is 0 Å². The number of methoxy groups -OCH3 is 2. The Bertz CT molecular complexity index is 1090. The van der Waals surface area contributed by atoms with Crippen molar-refractivity contribution in [2.24, 2.45) is 10.3 Å². The first-order valence-electron chi connectivity index (χ1n) is 9.26. The summed E-state index contributed by atoms with van der Waals surface area (Å²) >= 11 is 0. The van der Waals surface area contributed by atoms with Crippen LogP contribution in [0.3, 0.4) is 0 Å². The predicted octanol–water partition coefficient (Wildman–Crippen LogP) is 1.77. The Morgan fingerprint density at radius 3 is 2.55 bits per heavy atom. The summed E-state index contributed by atoms with van der Waals surface area (Å²) in [5.74, 6) is -1.55. The Hall–Kier alpha value is -4.02. The molecule has 2 aromatic rings. The Balaban J connectivity index is 1.52. The van der Waals surface area contributed by atoms with Crippen molar-refractivity contribution in [3.05, 3.63) is 48.3 Å². The van der Waals surface area contributed by atoms with Crippen molar-refractivity contribution in [1.82, 2.24) is 5.01 Å². The van der Waals surface area contributed by atoms with E-state index in [4.69, 9.17) is 9.47 Å².